The first-order chi connectivity index (χ1) is 14.6. The van der Waals surface area contributed by atoms with Crippen molar-refractivity contribution < 1.29 is 14.3 Å². The van der Waals surface area contributed by atoms with Gasteiger partial charge in [0.2, 0.25) is 0 Å². The average molecular weight is 426 g/mol. The number of ether oxygens (including phenoxy) is 2. The van der Waals surface area contributed by atoms with E-state index in [0.29, 0.717) is 12.3 Å². The van der Waals surface area contributed by atoms with Crippen LogP contribution in [0.3, 0.4) is 0 Å². The topological polar surface area (TPSA) is 54.9 Å². The van der Waals surface area contributed by atoms with Gasteiger partial charge >= 0.3 is 0 Å². The van der Waals surface area contributed by atoms with Crippen LogP contribution in [0, 0.1) is 13.8 Å². The van der Waals surface area contributed by atoms with E-state index in [0.717, 1.165) is 53.8 Å². The third kappa shape index (κ3) is 5.16. The highest BCUT2D eigenvalue weighted by Crippen LogP contribution is 2.29. The quantitative estimate of drug-likeness (QED) is 0.578. The Hall–Kier alpha value is -2.48. The van der Waals surface area contributed by atoms with Crippen molar-refractivity contribution in [3.8, 4) is 5.75 Å². The molecule has 0 saturated carbocycles. The average Bonchev–Trinajstić information content (AvgIpc) is 3.17. The SMILES string of the molecule is Cc1ccc(OCC(=O)N(CCN2CCOCC2)c2nc3ccc(C)cc3s2)cc1. The maximum absolute atomic E-state index is 13.1. The summed E-state index contributed by atoms with van der Waals surface area (Å²) in [6.45, 7) is 8.70. The number of hydrogen-bond donors (Lipinski definition) is 0. The molecule has 3 aromatic rings. The molecule has 1 fully saturated rings. The molecule has 2 heterocycles. The Balaban J connectivity index is 1.50. The number of benzene rings is 2. The van der Waals surface area contributed by atoms with E-state index in [9.17, 15) is 4.79 Å². The fourth-order valence-electron chi connectivity index (χ4n) is 3.39. The number of hydrogen-bond acceptors (Lipinski definition) is 6. The predicted molar refractivity (Wildman–Crippen MR) is 121 cm³/mol. The number of aryl methyl sites for hydroxylation is 2. The van der Waals surface area contributed by atoms with Gasteiger partial charge < -0.3 is 9.47 Å². The Labute approximate surface area is 181 Å². The molecule has 0 N–H and O–H groups in total. The van der Waals surface area contributed by atoms with Gasteiger partial charge in [0.15, 0.2) is 11.7 Å². The third-order valence-corrected chi connectivity index (χ3v) is 6.23. The molecule has 0 unspecified atom stereocenters. The second-order valence-corrected chi connectivity index (χ2v) is 8.58. The zero-order valence-electron chi connectivity index (χ0n) is 17.5. The van der Waals surface area contributed by atoms with Crippen molar-refractivity contribution in [2.75, 3.05) is 50.9 Å². The lowest BCUT2D eigenvalue weighted by Crippen LogP contribution is -2.44. The Kier molecular flexibility index (Phi) is 6.62. The number of carbonyl (C=O) groups excluding carboxylic acids is 1. The number of carbonyl (C=O) groups is 1. The number of anilines is 1. The molecule has 7 heteroatoms. The number of thiazole rings is 1. The van der Waals surface area contributed by atoms with Gasteiger partial charge in [0, 0.05) is 26.2 Å². The molecule has 1 aliphatic rings. The molecular weight excluding hydrogens is 398 g/mol. The van der Waals surface area contributed by atoms with E-state index in [2.05, 4.69) is 17.9 Å². The summed E-state index contributed by atoms with van der Waals surface area (Å²) in [6.07, 6.45) is 0. The summed E-state index contributed by atoms with van der Waals surface area (Å²) in [5.74, 6) is 0.613. The van der Waals surface area contributed by atoms with E-state index in [1.54, 1.807) is 16.2 Å². The lowest BCUT2D eigenvalue weighted by atomic mass is 10.2. The van der Waals surface area contributed by atoms with Gasteiger partial charge in [-0.15, -0.1) is 0 Å². The summed E-state index contributed by atoms with van der Waals surface area (Å²) in [4.78, 5) is 21.9. The highest BCUT2D eigenvalue weighted by atomic mass is 32.1. The van der Waals surface area contributed by atoms with Crippen LogP contribution in [0.15, 0.2) is 42.5 Å². The van der Waals surface area contributed by atoms with Gasteiger partial charge in [-0.05, 0) is 43.7 Å². The zero-order chi connectivity index (χ0) is 20.9. The third-order valence-electron chi connectivity index (χ3n) is 5.19. The molecule has 2 aromatic carbocycles. The summed E-state index contributed by atoms with van der Waals surface area (Å²) in [6, 6.07) is 13.9. The van der Waals surface area contributed by atoms with Crippen LogP contribution >= 0.6 is 11.3 Å². The summed E-state index contributed by atoms with van der Waals surface area (Å²) >= 11 is 1.55. The minimum absolute atomic E-state index is 0.0128. The van der Waals surface area contributed by atoms with Gasteiger partial charge in [-0.25, -0.2) is 4.98 Å². The Morgan fingerprint density at radius 2 is 1.87 bits per heavy atom. The molecule has 1 saturated heterocycles. The summed E-state index contributed by atoms with van der Waals surface area (Å²) in [7, 11) is 0. The van der Waals surface area contributed by atoms with Crippen LogP contribution in [0.4, 0.5) is 5.13 Å². The minimum Gasteiger partial charge on any atom is -0.484 e. The highest BCUT2D eigenvalue weighted by Gasteiger charge is 2.22. The Bertz CT molecular complexity index is 997. The monoisotopic (exact) mass is 425 g/mol. The molecule has 4 rings (SSSR count). The lowest BCUT2D eigenvalue weighted by Gasteiger charge is -2.29. The van der Waals surface area contributed by atoms with Crippen molar-refractivity contribution in [1.82, 2.24) is 9.88 Å². The maximum Gasteiger partial charge on any atom is 0.266 e. The molecular formula is C23H27N3O3S. The molecule has 1 aromatic heterocycles. The molecule has 0 radical (unpaired) electrons. The standard InChI is InChI=1S/C23H27N3O3S/c1-17-3-6-19(7-4-17)29-16-22(27)26(10-9-25-11-13-28-14-12-25)23-24-20-8-5-18(2)15-21(20)30-23/h3-8,15H,9-14,16H2,1-2H3. The maximum atomic E-state index is 13.1. The molecule has 0 aliphatic carbocycles. The second-order valence-electron chi connectivity index (χ2n) is 7.57. The molecule has 1 amide bonds. The van der Waals surface area contributed by atoms with Gasteiger partial charge in [0.25, 0.3) is 5.91 Å². The number of amides is 1. The van der Waals surface area contributed by atoms with Crippen LogP contribution in [-0.4, -0.2) is 61.8 Å². The number of nitrogens with zero attached hydrogens (tertiary/aromatic N) is 3. The van der Waals surface area contributed by atoms with Crippen molar-refractivity contribution in [3.63, 3.8) is 0 Å². The van der Waals surface area contributed by atoms with Crippen LogP contribution in [0.25, 0.3) is 10.2 Å². The summed E-state index contributed by atoms with van der Waals surface area (Å²) < 4.78 is 12.3. The smallest absolute Gasteiger partial charge is 0.266 e. The molecule has 158 valence electrons. The van der Waals surface area contributed by atoms with Crippen LogP contribution < -0.4 is 9.64 Å². The van der Waals surface area contributed by atoms with Crippen LogP contribution in [0.2, 0.25) is 0 Å². The normalized spacial score (nSPS) is 14.7. The Morgan fingerprint density at radius 1 is 1.13 bits per heavy atom. The van der Waals surface area contributed by atoms with E-state index < -0.39 is 0 Å². The van der Waals surface area contributed by atoms with Crippen molar-refractivity contribution in [2.24, 2.45) is 0 Å². The molecule has 0 atom stereocenters. The summed E-state index contributed by atoms with van der Waals surface area (Å²) in [5, 5.41) is 0.723. The van der Waals surface area contributed by atoms with Crippen LogP contribution in [-0.2, 0) is 9.53 Å². The first-order valence-corrected chi connectivity index (χ1v) is 11.1. The van der Waals surface area contributed by atoms with Gasteiger partial charge in [0.05, 0.1) is 23.4 Å². The molecule has 0 bridgehead atoms. The first kappa shape index (κ1) is 20.8. The predicted octanol–water partition coefficient (Wildman–Crippen LogP) is 3.66. The second kappa shape index (κ2) is 9.55. The molecule has 0 spiro atoms. The molecule has 30 heavy (non-hydrogen) atoms. The highest BCUT2D eigenvalue weighted by molar-refractivity contribution is 7.22. The van der Waals surface area contributed by atoms with Gasteiger partial charge in [-0.3, -0.25) is 14.6 Å². The van der Waals surface area contributed by atoms with E-state index in [1.165, 1.54) is 5.56 Å². The van der Waals surface area contributed by atoms with Crippen molar-refractivity contribution in [1.29, 1.82) is 0 Å². The lowest BCUT2D eigenvalue weighted by molar-refractivity contribution is -0.120. The zero-order valence-corrected chi connectivity index (χ0v) is 18.3. The van der Waals surface area contributed by atoms with E-state index in [1.807, 2.05) is 43.3 Å². The van der Waals surface area contributed by atoms with Gasteiger partial charge in [-0.1, -0.05) is 35.1 Å². The van der Waals surface area contributed by atoms with Gasteiger partial charge in [-0.2, -0.15) is 0 Å². The van der Waals surface area contributed by atoms with E-state index >= 15 is 0 Å². The van der Waals surface area contributed by atoms with Gasteiger partial charge in [0.1, 0.15) is 5.75 Å². The van der Waals surface area contributed by atoms with E-state index in [-0.39, 0.29) is 12.5 Å². The molecule has 6 nitrogen and oxygen atoms in total. The van der Waals surface area contributed by atoms with Crippen molar-refractivity contribution in [3.05, 3.63) is 53.6 Å². The minimum atomic E-state index is -0.0837. The fourth-order valence-corrected chi connectivity index (χ4v) is 4.49. The Morgan fingerprint density at radius 3 is 2.63 bits per heavy atom. The number of fused-ring (bicyclic) bond motifs is 1. The number of aromatic nitrogens is 1. The fraction of sp³-hybridized carbons (Fsp3) is 0.391. The number of rotatable bonds is 7. The molecule has 1 aliphatic heterocycles. The largest absolute Gasteiger partial charge is 0.484 e. The van der Waals surface area contributed by atoms with Crippen LogP contribution in [0.1, 0.15) is 11.1 Å². The number of morpholine rings is 1. The van der Waals surface area contributed by atoms with Crippen molar-refractivity contribution >= 4 is 32.6 Å². The van der Waals surface area contributed by atoms with E-state index in [4.69, 9.17) is 14.5 Å². The summed E-state index contributed by atoms with van der Waals surface area (Å²) in [5.41, 5.74) is 3.27. The first-order valence-electron chi connectivity index (χ1n) is 10.3. The van der Waals surface area contributed by atoms with Crippen molar-refractivity contribution in [2.45, 2.75) is 13.8 Å². The van der Waals surface area contributed by atoms with Crippen LogP contribution in [0.5, 0.6) is 5.75 Å².